The SMILES string of the molecule is COCCNC(=O)CNC(=O)N1CCOC(C(=O)O)C1. The molecule has 1 aliphatic rings. The van der Waals surface area contributed by atoms with E-state index in [-0.39, 0.29) is 25.6 Å². The number of amides is 3. The number of hydrogen-bond acceptors (Lipinski definition) is 5. The van der Waals surface area contributed by atoms with E-state index in [0.717, 1.165) is 0 Å². The van der Waals surface area contributed by atoms with Crippen molar-refractivity contribution in [1.82, 2.24) is 15.5 Å². The molecule has 3 amide bonds. The lowest BCUT2D eigenvalue weighted by molar-refractivity contribution is -0.154. The minimum absolute atomic E-state index is 0.0353. The Labute approximate surface area is 116 Å². The van der Waals surface area contributed by atoms with Gasteiger partial charge in [0.25, 0.3) is 0 Å². The first-order valence-electron chi connectivity index (χ1n) is 6.17. The van der Waals surface area contributed by atoms with Crippen LogP contribution in [-0.4, -0.2) is 80.5 Å². The van der Waals surface area contributed by atoms with Crippen molar-refractivity contribution < 1.29 is 29.0 Å². The lowest BCUT2D eigenvalue weighted by atomic mass is 10.3. The quantitative estimate of drug-likeness (QED) is 0.499. The summed E-state index contributed by atoms with van der Waals surface area (Å²) in [6.07, 6.45) is -1.02. The van der Waals surface area contributed by atoms with Crippen LogP contribution >= 0.6 is 0 Å². The summed E-state index contributed by atoms with van der Waals surface area (Å²) in [4.78, 5) is 35.2. The van der Waals surface area contributed by atoms with Crippen LogP contribution in [0.5, 0.6) is 0 Å². The molecule has 0 aromatic carbocycles. The third-order valence-electron chi connectivity index (χ3n) is 2.66. The van der Waals surface area contributed by atoms with Crippen molar-refractivity contribution in [2.75, 3.05) is 46.5 Å². The fourth-order valence-corrected chi connectivity index (χ4v) is 1.61. The normalized spacial score (nSPS) is 18.4. The zero-order valence-corrected chi connectivity index (χ0v) is 11.3. The first-order chi connectivity index (χ1) is 9.54. The van der Waals surface area contributed by atoms with Gasteiger partial charge in [-0.2, -0.15) is 0 Å². The van der Waals surface area contributed by atoms with E-state index in [1.54, 1.807) is 0 Å². The molecule has 3 N–H and O–H groups in total. The van der Waals surface area contributed by atoms with Gasteiger partial charge in [-0.1, -0.05) is 0 Å². The van der Waals surface area contributed by atoms with Crippen molar-refractivity contribution in [3.05, 3.63) is 0 Å². The Kier molecular flexibility index (Phi) is 6.74. The van der Waals surface area contributed by atoms with Crippen LogP contribution in [0.1, 0.15) is 0 Å². The Hall–Kier alpha value is -1.87. The molecule has 9 nitrogen and oxygen atoms in total. The van der Waals surface area contributed by atoms with Crippen LogP contribution in [0.3, 0.4) is 0 Å². The molecule has 0 aromatic rings. The third kappa shape index (κ3) is 5.41. The lowest BCUT2D eigenvalue weighted by Gasteiger charge is -2.30. The second kappa shape index (κ2) is 8.33. The van der Waals surface area contributed by atoms with Gasteiger partial charge in [0.2, 0.25) is 5.91 Å². The maximum Gasteiger partial charge on any atom is 0.334 e. The molecule has 1 rings (SSSR count). The van der Waals surface area contributed by atoms with Crippen LogP contribution in [0.2, 0.25) is 0 Å². The number of aliphatic carboxylic acids is 1. The molecule has 114 valence electrons. The van der Waals surface area contributed by atoms with Crippen LogP contribution in [0.15, 0.2) is 0 Å². The van der Waals surface area contributed by atoms with E-state index < -0.39 is 18.1 Å². The van der Waals surface area contributed by atoms with Crippen molar-refractivity contribution in [1.29, 1.82) is 0 Å². The minimum atomic E-state index is -1.11. The van der Waals surface area contributed by atoms with Crippen molar-refractivity contribution >= 4 is 17.9 Å². The average molecular weight is 289 g/mol. The molecular weight excluding hydrogens is 270 g/mol. The number of rotatable bonds is 6. The maximum atomic E-state index is 11.8. The van der Waals surface area contributed by atoms with E-state index in [2.05, 4.69) is 10.6 Å². The molecule has 1 aliphatic heterocycles. The number of urea groups is 1. The van der Waals surface area contributed by atoms with Crippen molar-refractivity contribution in [2.45, 2.75) is 6.10 Å². The zero-order valence-electron chi connectivity index (χ0n) is 11.3. The maximum absolute atomic E-state index is 11.8. The van der Waals surface area contributed by atoms with E-state index >= 15 is 0 Å². The number of morpholine rings is 1. The van der Waals surface area contributed by atoms with Gasteiger partial charge in [0.1, 0.15) is 0 Å². The number of nitrogens with zero attached hydrogens (tertiary/aromatic N) is 1. The van der Waals surface area contributed by atoms with Gasteiger partial charge in [-0.05, 0) is 0 Å². The molecule has 1 unspecified atom stereocenters. The largest absolute Gasteiger partial charge is 0.479 e. The Morgan fingerprint density at radius 3 is 2.80 bits per heavy atom. The van der Waals surface area contributed by atoms with E-state index in [4.69, 9.17) is 14.6 Å². The van der Waals surface area contributed by atoms with E-state index in [9.17, 15) is 14.4 Å². The molecule has 1 fully saturated rings. The Balaban J connectivity index is 2.28. The van der Waals surface area contributed by atoms with E-state index in [1.165, 1.54) is 12.0 Å². The lowest BCUT2D eigenvalue weighted by Crippen LogP contribution is -2.53. The molecule has 1 atom stereocenters. The van der Waals surface area contributed by atoms with Crippen LogP contribution in [0.4, 0.5) is 4.79 Å². The Bertz CT molecular complexity index is 362. The summed E-state index contributed by atoms with van der Waals surface area (Å²) in [7, 11) is 1.52. The highest BCUT2D eigenvalue weighted by molar-refractivity contribution is 5.84. The number of carbonyl (C=O) groups excluding carboxylic acids is 2. The highest BCUT2D eigenvalue weighted by Gasteiger charge is 2.28. The van der Waals surface area contributed by atoms with E-state index in [0.29, 0.717) is 19.7 Å². The van der Waals surface area contributed by atoms with Gasteiger partial charge in [-0.3, -0.25) is 4.79 Å². The van der Waals surface area contributed by atoms with Gasteiger partial charge in [0.15, 0.2) is 6.10 Å². The molecule has 9 heteroatoms. The van der Waals surface area contributed by atoms with E-state index in [1.807, 2.05) is 0 Å². The van der Waals surface area contributed by atoms with Gasteiger partial charge in [-0.25, -0.2) is 9.59 Å². The summed E-state index contributed by atoms with van der Waals surface area (Å²) < 4.78 is 9.76. The topological polar surface area (TPSA) is 117 Å². The van der Waals surface area contributed by atoms with Gasteiger partial charge < -0.3 is 30.1 Å². The van der Waals surface area contributed by atoms with Crippen LogP contribution < -0.4 is 10.6 Å². The average Bonchev–Trinajstić information content (AvgIpc) is 2.45. The highest BCUT2D eigenvalue weighted by atomic mass is 16.5. The first-order valence-corrected chi connectivity index (χ1v) is 6.17. The number of carboxylic acid groups (broad SMARTS) is 1. The molecule has 0 aliphatic carbocycles. The molecule has 20 heavy (non-hydrogen) atoms. The smallest absolute Gasteiger partial charge is 0.334 e. The number of ether oxygens (including phenoxy) is 2. The number of nitrogens with one attached hydrogen (secondary N) is 2. The number of carbonyl (C=O) groups is 3. The summed E-state index contributed by atoms with van der Waals surface area (Å²) in [5, 5.41) is 13.8. The molecule has 1 saturated heterocycles. The van der Waals surface area contributed by atoms with Crippen LogP contribution in [0.25, 0.3) is 0 Å². The van der Waals surface area contributed by atoms with Gasteiger partial charge in [0, 0.05) is 20.2 Å². The second-order valence-corrected chi connectivity index (χ2v) is 4.15. The molecular formula is C11H19N3O6. The fourth-order valence-electron chi connectivity index (χ4n) is 1.61. The summed E-state index contributed by atoms with van der Waals surface area (Å²) in [6.45, 7) is 1.00. The summed E-state index contributed by atoms with van der Waals surface area (Å²) in [6, 6.07) is -0.485. The monoisotopic (exact) mass is 289 g/mol. The number of hydrogen-bond donors (Lipinski definition) is 3. The standard InChI is InChI=1S/C11H19N3O6/c1-19-4-2-12-9(15)6-13-11(18)14-3-5-20-8(7-14)10(16)17/h8H,2-7H2,1H3,(H,12,15)(H,13,18)(H,16,17). The van der Waals surface area contributed by atoms with Crippen molar-refractivity contribution in [3.63, 3.8) is 0 Å². The molecule has 1 heterocycles. The highest BCUT2D eigenvalue weighted by Crippen LogP contribution is 2.05. The van der Waals surface area contributed by atoms with Gasteiger partial charge in [-0.15, -0.1) is 0 Å². The summed E-state index contributed by atoms with van der Waals surface area (Å²) >= 11 is 0. The zero-order chi connectivity index (χ0) is 15.0. The van der Waals surface area contributed by atoms with Crippen molar-refractivity contribution in [2.24, 2.45) is 0 Å². The van der Waals surface area contributed by atoms with Gasteiger partial charge in [0.05, 0.1) is 26.3 Å². The first kappa shape index (κ1) is 16.2. The number of methoxy groups -OCH3 is 1. The van der Waals surface area contributed by atoms with Gasteiger partial charge >= 0.3 is 12.0 Å². The molecule has 0 aromatic heterocycles. The number of carboxylic acids is 1. The molecule has 0 radical (unpaired) electrons. The van der Waals surface area contributed by atoms with Crippen molar-refractivity contribution in [3.8, 4) is 0 Å². The Morgan fingerprint density at radius 2 is 2.15 bits per heavy atom. The summed E-state index contributed by atoms with van der Waals surface area (Å²) in [5.41, 5.74) is 0. The minimum Gasteiger partial charge on any atom is -0.479 e. The molecule has 0 bridgehead atoms. The summed E-state index contributed by atoms with van der Waals surface area (Å²) in [5.74, 6) is -1.45. The molecule has 0 saturated carbocycles. The fraction of sp³-hybridized carbons (Fsp3) is 0.727. The third-order valence-corrected chi connectivity index (χ3v) is 2.66. The predicted octanol–water partition coefficient (Wildman–Crippen LogP) is -1.76. The van der Waals surface area contributed by atoms with Crippen LogP contribution in [-0.2, 0) is 19.1 Å². The predicted molar refractivity (Wildman–Crippen MR) is 67.2 cm³/mol. The second-order valence-electron chi connectivity index (χ2n) is 4.15. The Morgan fingerprint density at radius 1 is 1.40 bits per heavy atom. The van der Waals surface area contributed by atoms with Crippen LogP contribution in [0, 0.1) is 0 Å². The molecule has 0 spiro atoms.